The lowest BCUT2D eigenvalue weighted by Crippen LogP contribution is -1.97. The van der Waals surface area contributed by atoms with Gasteiger partial charge in [0.15, 0.2) is 0 Å². The van der Waals surface area contributed by atoms with Crippen LogP contribution < -0.4 is 5.73 Å². The highest BCUT2D eigenvalue weighted by molar-refractivity contribution is 5.95. The first kappa shape index (κ1) is 15.0. The first-order valence-corrected chi connectivity index (χ1v) is 7.80. The number of rotatable bonds is 1. The fourth-order valence-electron chi connectivity index (χ4n) is 2.70. The van der Waals surface area contributed by atoms with Crippen molar-refractivity contribution in [3.05, 3.63) is 60.7 Å². The van der Waals surface area contributed by atoms with E-state index in [0.29, 0.717) is 0 Å². The van der Waals surface area contributed by atoms with Crippen molar-refractivity contribution in [3.63, 3.8) is 0 Å². The number of nitrogens with zero attached hydrogens (tertiary/aromatic N) is 3. The smallest absolute Gasteiger partial charge is 0.137 e. The molecule has 0 radical (unpaired) electrons. The number of anilines is 1. The van der Waals surface area contributed by atoms with Gasteiger partial charge in [-0.2, -0.15) is 0 Å². The highest BCUT2D eigenvalue weighted by atomic mass is 15.1. The summed E-state index contributed by atoms with van der Waals surface area (Å²) in [4.78, 5) is 8.75. The molecule has 0 atom stereocenters. The second-order valence-electron chi connectivity index (χ2n) is 5.18. The van der Waals surface area contributed by atoms with E-state index < -0.39 is 0 Å². The lowest BCUT2D eigenvalue weighted by molar-refractivity contribution is 1.05. The molecular formula is C19H20N4. The molecule has 2 N–H and O–H groups in total. The number of pyridine rings is 2. The minimum absolute atomic E-state index is 0.758. The van der Waals surface area contributed by atoms with E-state index in [1.54, 1.807) is 6.20 Å². The van der Waals surface area contributed by atoms with Crippen LogP contribution in [0.15, 0.2) is 55.1 Å². The molecule has 0 bridgehead atoms. The van der Waals surface area contributed by atoms with Crippen molar-refractivity contribution in [2.24, 2.45) is 0 Å². The van der Waals surface area contributed by atoms with E-state index in [4.69, 9.17) is 5.73 Å². The minimum atomic E-state index is 0.758. The Labute approximate surface area is 135 Å². The second-order valence-corrected chi connectivity index (χ2v) is 5.18. The monoisotopic (exact) mass is 304 g/mol. The van der Waals surface area contributed by atoms with Crippen LogP contribution >= 0.6 is 0 Å². The van der Waals surface area contributed by atoms with Crippen LogP contribution in [0.2, 0.25) is 0 Å². The molecule has 0 aliphatic rings. The maximum absolute atomic E-state index is 6.03. The Kier molecular flexibility index (Phi) is 3.98. The van der Waals surface area contributed by atoms with Crippen LogP contribution in [-0.4, -0.2) is 14.5 Å². The topological polar surface area (TPSA) is 56.7 Å². The van der Waals surface area contributed by atoms with E-state index in [1.807, 2.05) is 55.2 Å². The summed E-state index contributed by atoms with van der Waals surface area (Å²) in [7, 11) is 0. The van der Waals surface area contributed by atoms with Gasteiger partial charge in [-0.25, -0.2) is 4.98 Å². The van der Waals surface area contributed by atoms with Gasteiger partial charge in [0.2, 0.25) is 0 Å². The molecule has 0 aliphatic carbocycles. The quantitative estimate of drug-likeness (QED) is 0.527. The zero-order chi connectivity index (χ0) is 16.4. The molecule has 3 aromatic heterocycles. The van der Waals surface area contributed by atoms with Crippen molar-refractivity contribution >= 4 is 27.4 Å². The Morgan fingerprint density at radius 1 is 1.00 bits per heavy atom. The Balaban J connectivity index is 0.000000753. The molecule has 3 heterocycles. The third kappa shape index (κ3) is 2.52. The Morgan fingerprint density at radius 3 is 2.65 bits per heavy atom. The lowest BCUT2D eigenvalue weighted by Gasteiger charge is -2.09. The number of nitrogen functional groups attached to an aromatic ring is 1. The molecular weight excluding hydrogens is 284 g/mol. The average Bonchev–Trinajstić information content (AvgIpc) is 3.04. The third-order valence-electron chi connectivity index (χ3n) is 3.88. The van der Waals surface area contributed by atoms with E-state index in [1.165, 1.54) is 5.56 Å². The van der Waals surface area contributed by atoms with Gasteiger partial charge in [0.1, 0.15) is 5.82 Å². The first-order valence-electron chi connectivity index (χ1n) is 7.80. The van der Waals surface area contributed by atoms with Gasteiger partial charge in [-0.05, 0) is 42.1 Å². The van der Waals surface area contributed by atoms with Crippen LogP contribution in [0.1, 0.15) is 19.4 Å². The highest BCUT2D eigenvalue weighted by Crippen LogP contribution is 2.26. The van der Waals surface area contributed by atoms with Crippen molar-refractivity contribution in [2.45, 2.75) is 20.8 Å². The molecule has 0 saturated heterocycles. The van der Waals surface area contributed by atoms with E-state index in [2.05, 4.69) is 29.0 Å². The number of aryl methyl sites for hydroxylation is 1. The largest absolute Gasteiger partial charge is 0.398 e. The molecule has 4 rings (SSSR count). The van der Waals surface area contributed by atoms with E-state index in [-0.39, 0.29) is 0 Å². The molecule has 23 heavy (non-hydrogen) atoms. The molecule has 4 aromatic rings. The standard InChI is InChI=1S/C17H14N4.C2H6/c1-11-2-3-15(18)14-9-20-17(8-13(11)14)21-7-5-12-4-6-19-10-16(12)21;1-2/h2-10H,18H2,1H3;1-2H3. The zero-order valence-corrected chi connectivity index (χ0v) is 13.6. The van der Waals surface area contributed by atoms with Crippen LogP contribution in [0, 0.1) is 6.92 Å². The van der Waals surface area contributed by atoms with Gasteiger partial charge in [0, 0.05) is 35.1 Å². The van der Waals surface area contributed by atoms with Gasteiger partial charge in [0.05, 0.1) is 11.7 Å². The Hall–Kier alpha value is -2.88. The molecule has 0 spiro atoms. The fraction of sp³-hybridized carbons (Fsp3) is 0.158. The highest BCUT2D eigenvalue weighted by Gasteiger charge is 2.07. The summed E-state index contributed by atoms with van der Waals surface area (Å²) in [6, 6.07) is 10.1. The maximum Gasteiger partial charge on any atom is 0.137 e. The molecule has 1 aromatic carbocycles. The van der Waals surface area contributed by atoms with Crippen molar-refractivity contribution in [1.29, 1.82) is 0 Å². The summed E-state index contributed by atoms with van der Waals surface area (Å²) in [6.07, 6.45) is 7.51. The Bertz CT molecular complexity index is 970. The van der Waals surface area contributed by atoms with Crippen molar-refractivity contribution in [2.75, 3.05) is 5.73 Å². The number of benzene rings is 1. The van der Waals surface area contributed by atoms with Crippen LogP contribution in [0.5, 0.6) is 0 Å². The van der Waals surface area contributed by atoms with Gasteiger partial charge in [0.25, 0.3) is 0 Å². The molecule has 0 fully saturated rings. The lowest BCUT2D eigenvalue weighted by atomic mass is 10.1. The molecule has 0 aliphatic heterocycles. The summed E-state index contributed by atoms with van der Waals surface area (Å²) >= 11 is 0. The van der Waals surface area contributed by atoms with Crippen molar-refractivity contribution in [3.8, 4) is 5.82 Å². The molecule has 116 valence electrons. The third-order valence-corrected chi connectivity index (χ3v) is 3.88. The van der Waals surface area contributed by atoms with Crippen LogP contribution in [0.4, 0.5) is 5.69 Å². The van der Waals surface area contributed by atoms with E-state index in [0.717, 1.165) is 33.2 Å². The molecule has 0 unspecified atom stereocenters. The zero-order valence-electron chi connectivity index (χ0n) is 13.6. The van der Waals surface area contributed by atoms with Gasteiger partial charge in [-0.15, -0.1) is 0 Å². The normalized spacial score (nSPS) is 10.6. The van der Waals surface area contributed by atoms with Crippen molar-refractivity contribution in [1.82, 2.24) is 14.5 Å². The number of hydrogen-bond acceptors (Lipinski definition) is 3. The van der Waals surface area contributed by atoms with Gasteiger partial charge in [-0.1, -0.05) is 19.9 Å². The first-order chi connectivity index (χ1) is 11.2. The molecule has 4 heteroatoms. The van der Waals surface area contributed by atoms with E-state index in [9.17, 15) is 0 Å². The summed E-state index contributed by atoms with van der Waals surface area (Å²) in [5.41, 5.74) is 9.02. The van der Waals surface area contributed by atoms with Gasteiger partial charge >= 0.3 is 0 Å². The number of hydrogen-bond donors (Lipinski definition) is 1. The molecule has 4 nitrogen and oxygen atoms in total. The molecule has 0 saturated carbocycles. The summed E-state index contributed by atoms with van der Waals surface area (Å²) < 4.78 is 2.05. The summed E-state index contributed by atoms with van der Waals surface area (Å²) in [6.45, 7) is 6.08. The van der Waals surface area contributed by atoms with E-state index >= 15 is 0 Å². The molecule has 0 amide bonds. The second kappa shape index (κ2) is 6.08. The summed E-state index contributed by atoms with van der Waals surface area (Å²) in [5, 5.41) is 3.27. The van der Waals surface area contributed by atoms with Gasteiger partial charge < -0.3 is 5.73 Å². The van der Waals surface area contributed by atoms with Crippen LogP contribution in [-0.2, 0) is 0 Å². The number of fused-ring (bicyclic) bond motifs is 2. The summed E-state index contributed by atoms with van der Waals surface area (Å²) in [5.74, 6) is 0.874. The Morgan fingerprint density at radius 2 is 1.83 bits per heavy atom. The fourth-order valence-corrected chi connectivity index (χ4v) is 2.70. The van der Waals surface area contributed by atoms with Gasteiger partial charge in [-0.3, -0.25) is 9.55 Å². The SMILES string of the molecule is CC.Cc1ccc(N)c2cnc(-n3ccc4ccncc43)cc12. The number of nitrogens with two attached hydrogens (primary N) is 1. The predicted molar refractivity (Wildman–Crippen MR) is 96.9 cm³/mol. The predicted octanol–water partition coefficient (Wildman–Crippen LogP) is 4.49. The van der Waals surface area contributed by atoms with Crippen molar-refractivity contribution < 1.29 is 0 Å². The minimum Gasteiger partial charge on any atom is -0.398 e. The number of aromatic nitrogens is 3. The average molecular weight is 304 g/mol. The van der Waals surface area contributed by atoms with Crippen LogP contribution in [0.25, 0.3) is 27.5 Å². The van der Waals surface area contributed by atoms with Crippen LogP contribution in [0.3, 0.4) is 0 Å². The maximum atomic E-state index is 6.03.